The molecular formula is C38H42O4. The molecule has 2 unspecified atom stereocenters. The third-order valence-electron chi connectivity index (χ3n) is 9.09. The van der Waals surface area contributed by atoms with E-state index in [9.17, 15) is 0 Å². The molecule has 0 N–H and O–H groups in total. The minimum Gasteiger partial charge on any atom is -0.491 e. The molecule has 4 nitrogen and oxygen atoms in total. The summed E-state index contributed by atoms with van der Waals surface area (Å²) >= 11 is 0. The van der Waals surface area contributed by atoms with E-state index in [0.29, 0.717) is 19.1 Å². The van der Waals surface area contributed by atoms with E-state index in [-0.39, 0.29) is 23.0 Å². The van der Waals surface area contributed by atoms with Gasteiger partial charge in [0.1, 0.15) is 36.9 Å². The molecule has 4 aromatic carbocycles. The molecular weight excluding hydrogens is 520 g/mol. The molecule has 2 atom stereocenters. The Morgan fingerprint density at radius 1 is 0.548 bits per heavy atom. The fraction of sp³-hybridized carbons (Fsp3) is 0.368. The topological polar surface area (TPSA) is 43.5 Å². The molecule has 0 spiro atoms. The van der Waals surface area contributed by atoms with Crippen LogP contribution in [0.2, 0.25) is 0 Å². The van der Waals surface area contributed by atoms with Crippen molar-refractivity contribution in [3.8, 4) is 11.5 Å². The van der Waals surface area contributed by atoms with E-state index in [0.717, 1.165) is 24.7 Å². The number of benzene rings is 4. The predicted molar refractivity (Wildman–Crippen MR) is 168 cm³/mol. The quantitative estimate of drug-likeness (QED) is 0.164. The molecule has 4 heteroatoms. The molecule has 0 amide bonds. The van der Waals surface area contributed by atoms with Crippen LogP contribution >= 0.6 is 0 Å². The van der Waals surface area contributed by atoms with Gasteiger partial charge in [0, 0.05) is 16.7 Å². The van der Waals surface area contributed by atoms with Crippen molar-refractivity contribution in [1.82, 2.24) is 0 Å². The fourth-order valence-corrected chi connectivity index (χ4v) is 5.55. The Kier molecular flexibility index (Phi) is 7.87. The summed E-state index contributed by atoms with van der Waals surface area (Å²) in [6, 6.07) is 35.2. The van der Waals surface area contributed by atoms with Crippen molar-refractivity contribution in [2.75, 3.05) is 26.4 Å². The summed E-state index contributed by atoms with van der Waals surface area (Å²) in [6.07, 6.45) is 0.534. The average molecular weight is 563 g/mol. The van der Waals surface area contributed by atoms with Crippen molar-refractivity contribution in [3.05, 3.63) is 130 Å². The Morgan fingerprint density at radius 2 is 0.833 bits per heavy atom. The van der Waals surface area contributed by atoms with Crippen LogP contribution in [0.5, 0.6) is 11.5 Å². The van der Waals surface area contributed by atoms with E-state index in [4.69, 9.17) is 18.9 Å². The highest BCUT2D eigenvalue weighted by Gasteiger charge is 2.27. The van der Waals surface area contributed by atoms with Crippen LogP contribution in [0.15, 0.2) is 97.1 Å². The summed E-state index contributed by atoms with van der Waals surface area (Å²) in [5.74, 6) is 2.09. The van der Waals surface area contributed by atoms with E-state index in [1.165, 1.54) is 33.4 Å². The minimum absolute atomic E-state index is 0.108. The standard InChI is InChI=1S/C38H42O4/c1-26(27-6-10-29(11-7-27)37(2,3)31-14-18-33(19-15-31)39-22-35-24-41-35)28-8-12-30(13-9-28)38(4,5)32-16-20-34(21-17-32)40-23-36-25-42-36/h6-21,26,35-36H,22-25H2,1-5H3. The molecule has 0 bridgehead atoms. The maximum atomic E-state index is 5.82. The Bertz CT molecular complexity index is 1350. The smallest absolute Gasteiger partial charge is 0.119 e. The number of ether oxygens (including phenoxy) is 4. The summed E-state index contributed by atoms with van der Waals surface area (Å²) in [5.41, 5.74) is 7.56. The maximum absolute atomic E-state index is 5.82. The Morgan fingerprint density at radius 3 is 1.12 bits per heavy atom. The van der Waals surface area contributed by atoms with E-state index in [1.807, 2.05) is 0 Å². The second-order valence-corrected chi connectivity index (χ2v) is 12.8. The van der Waals surface area contributed by atoms with Gasteiger partial charge in [-0.1, -0.05) is 107 Å². The lowest BCUT2D eigenvalue weighted by atomic mass is 9.76. The van der Waals surface area contributed by atoms with E-state index >= 15 is 0 Å². The van der Waals surface area contributed by atoms with Gasteiger partial charge in [0.05, 0.1) is 13.2 Å². The Hall–Kier alpha value is -3.60. The summed E-state index contributed by atoms with van der Waals surface area (Å²) in [5, 5.41) is 0. The van der Waals surface area contributed by atoms with Crippen LogP contribution in [0, 0.1) is 0 Å². The minimum atomic E-state index is -0.108. The SMILES string of the molecule is CC(c1ccc(C(C)(C)c2ccc(OCC3CO3)cc2)cc1)c1ccc(C(C)(C)c2ccc(OCC3CO3)cc2)cc1. The van der Waals surface area contributed by atoms with Gasteiger partial charge in [-0.15, -0.1) is 0 Å². The molecule has 2 heterocycles. The van der Waals surface area contributed by atoms with Gasteiger partial charge in [-0.3, -0.25) is 0 Å². The summed E-state index contributed by atoms with van der Waals surface area (Å²) in [7, 11) is 0. The molecule has 2 saturated heterocycles. The summed E-state index contributed by atoms with van der Waals surface area (Å²) in [4.78, 5) is 0. The lowest BCUT2D eigenvalue weighted by Gasteiger charge is -2.27. The molecule has 4 aromatic rings. The Labute approximate surface area is 250 Å². The lowest BCUT2D eigenvalue weighted by Crippen LogP contribution is -2.19. The highest BCUT2D eigenvalue weighted by Crippen LogP contribution is 2.36. The molecule has 0 aromatic heterocycles. The molecule has 42 heavy (non-hydrogen) atoms. The predicted octanol–water partition coefficient (Wildman–Crippen LogP) is 8.05. The average Bonchev–Trinajstić information content (AvgIpc) is 3.95. The highest BCUT2D eigenvalue weighted by atomic mass is 16.6. The molecule has 2 aliphatic heterocycles. The van der Waals surface area contributed by atoms with Gasteiger partial charge in [-0.05, 0) is 57.6 Å². The summed E-state index contributed by atoms with van der Waals surface area (Å²) in [6.45, 7) is 14.3. The van der Waals surface area contributed by atoms with Crippen molar-refractivity contribution >= 4 is 0 Å². The summed E-state index contributed by atoms with van der Waals surface area (Å²) < 4.78 is 22.1. The van der Waals surface area contributed by atoms with E-state index < -0.39 is 0 Å². The van der Waals surface area contributed by atoms with Gasteiger partial charge in [0.15, 0.2) is 0 Å². The van der Waals surface area contributed by atoms with Gasteiger partial charge >= 0.3 is 0 Å². The first-order chi connectivity index (χ1) is 20.2. The largest absolute Gasteiger partial charge is 0.491 e. The lowest BCUT2D eigenvalue weighted by molar-refractivity contribution is 0.263. The van der Waals surface area contributed by atoms with Crippen LogP contribution in [0.3, 0.4) is 0 Å². The molecule has 2 aliphatic rings. The van der Waals surface area contributed by atoms with Gasteiger partial charge in [-0.2, -0.15) is 0 Å². The van der Waals surface area contributed by atoms with Gasteiger partial charge < -0.3 is 18.9 Å². The van der Waals surface area contributed by atoms with Crippen molar-refractivity contribution in [2.24, 2.45) is 0 Å². The normalized spacial score (nSPS) is 18.8. The zero-order valence-corrected chi connectivity index (χ0v) is 25.4. The number of epoxide rings is 2. The highest BCUT2D eigenvalue weighted by molar-refractivity contribution is 5.45. The fourth-order valence-electron chi connectivity index (χ4n) is 5.55. The first-order valence-electron chi connectivity index (χ1n) is 15.1. The van der Waals surface area contributed by atoms with Crippen LogP contribution in [0.25, 0.3) is 0 Å². The molecule has 218 valence electrons. The molecule has 0 saturated carbocycles. The van der Waals surface area contributed by atoms with E-state index in [1.54, 1.807) is 0 Å². The van der Waals surface area contributed by atoms with Crippen LogP contribution in [-0.2, 0) is 20.3 Å². The van der Waals surface area contributed by atoms with Gasteiger partial charge in [0.25, 0.3) is 0 Å². The van der Waals surface area contributed by atoms with Crippen molar-refractivity contribution in [2.45, 2.75) is 63.6 Å². The van der Waals surface area contributed by atoms with Crippen LogP contribution in [0.1, 0.15) is 73.9 Å². The van der Waals surface area contributed by atoms with Gasteiger partial charge in [-0.25, -0.2) is 0 Å². The molecule has 0 radical (unpaired) electrons. The van der Waals surface area contributed by atoms with Crippen molar-refractivity contribution < 1.29 is 18.9 Å². The molecule has 0 aliphatic carbocycles. The number of hydrogen-bond donors (Lipinski definition) is 0. The third-order valence-corrected chi connectivity index (χ3v) is 9.09. The zero-order valence-electron chi connectivity index (χ0n) is 25.4. The third kappa shape index (κ3) is 6.40. The first kappa shape index (κ1) is 28.5. The maximum Gasteiger partial charge on any atom is 0.119 e. The van der Waals surface area contributed by atoms with Crippen molar-refractivity contribution in [3.63, 3.8) is 0 Å². The van der Waals surface area contributed by atoms with Crippen LogP contribution < -0.4 is 9.47 Å². The van der Waals surface area contributed by atoms with Crippen molar-refractivity contribution in [1.29, 1.82) is 0 Å². The van der Waals surface area contributed by atoms with Crippen LogP contribution in [0.4, 0.5) is 0 Å². The number of rotatable bonds is 12. The monoisotopic (exact) mass is 562 g/mol. The molecule has 2 fully saturated rings. The second-order valence-electron chi connectivity index (χ2n) is 12.8. The second kappa shape index (κ2) is 11.6. The zero-order chi connectivity index (χ0) is 29.3. The van der Waals surface area contributed by atoms with Crippen LogP contribution in [-0.4, -0.2) is 38.6 Å². The first-order valence-corrected chi connectivity index (χ1v) is 15.1. The Balaban J connectivity index is 1.10. The van der Waals surface area contributed by atoms with Gasteiger partial charge in [0.2, 0.25) is 0 Å². The number of hydrogen-bond acceptors (Lipinski definition) is 4. The van der Waals surface area contributed by atoms with E-state index in [2.05, 4.69) is 132 Å². The molecule has 6 rings (SSSR count).